The molecule has 0 N–H and O–H groups in total. The van der Waals surface area contributed by atoms with Gasteiger partial charge < -0.3 is 13.8 Å². The van der Waals surface area contributed by atoms with Gasteiger partial charge in [-0.2, -0.15) is 4.31 Å². The van der Waals surface area contributed by atoms with Crippen molar-refractivity contribution in [1.82, 2.24) is 14.0 Å². The quantitative estimate of drug-likeness (QED) is 0.748. The number of nitrogens with zero attached hydrogens (tertiary/aromatic N) is 3. The molecule has 2 aromatic heterocycles. The first-order chi connectivity index (χ1) is 11.8. The van der Waals surface area contributed by atoms with Crippen LogP contribution in [0.2, 0.25) is 0 Å². The second-order valence-corrected chi connectivity index (χ2v) is 8.10. The van der Waals surface area contributed by atoms with Crippen LogP contribution in [0.1, 0.15) is 40.3 Å². The summed E-state index contributed by atoms with van der Waals surface area (Å²) in [6, 6.07) is 1.36. The largest absolute Gasteiger partial charge is 0.456 e. The van der Waals surface area contributed by atoms with Crippen LogP contribution < -0.4 is 0 Å². The van der Waals surface area contributed by atoms with E-state index in [1.807, 2.05) is 0 Å². The molecule has 0 bridgehead atoms. The van der Waals surface area contributed by atoms with Crippen LogP contribution in [-0.2, 0) is 28.4 Å². The molecule has 1 saturated heterocycles. The average Bonchev–Trinajstić information content (AvgIpc) is 3.27. The molecule has 2 aromatic rings. The van der Waals surface area contributed by atoms with Crippen LogP contribution in [0.4, 0.5) is 0 Å². The molecule has 0 spiro atoms. The van der Waals surface area contributed by atoms with E-state index in [-0.39, 0.29) is 17.2 Å². The number of rotatable bonds is 5. The van der Waals surface area contributed by atoms with Gasteiger partial charge in [0.25, 0.3) is 0 Å². The van der Waals surface area contributed by atoms with E-state index in [1.54, 1.807) is 20.9 Å². The Bertz CT molecular complexity index is 872. The van der Waals surface area contributed by atoms with Crippen LogP contribution in [0, 0.1) is 13.8 Å². The first kappa shape index (κ1) is 17.7. The Balaban J connectivity index is 1.77. The summed E-state index contributed by atoms with van der Waals surface area (Å²) in [5, 5.41) is 3.81. The predicted molar refractivity (Wildman–Crippen MR) is 88.5 cm³/mol. The summed E-state index contributed by atoms with van der Waals surface area (Å²) in [4.78, 5) is 12.5. The van der Waals surface area contributed by atoms with Crippen molar-refractivity contribution in [2.75, 3.05) is 13.1 Å². The van der Waals surface area contributed by atoms with Crippen molar-refractivity contribution in [3.05, 3.63) is 35.0 Å². The number of aromatic nitrogens is 2. The van der Waals surface area contributed by atoms with Crippen LogP contribution in [0.3, 0.4) is 0 Å². The fourth-order valence-electron chi connectivity index (χ4n) is 2.88. The maximum Gasteiger partial charge on any atom is 0.355 e. The third kappa shape index (κ3) is 3.34. The first-order valence-electron chi connectivity index (χ1n) is 8.06. The van der Waals surface area contributed by atoms with Gasteiger partial charge in [-0.15, -0.1) is 0 Å². The summed E-state index contributed by atoms with van der Waals surface area (Å²) < 4.78 is 38.4. The molecule has 0 aliphatic carbocycles. The normalized spacial score (nSPS) is 15.6. The molecule has 0 saturated carbocycles. The molecule has 25 heavy (non-hydrogen) atoms. The Hall–Kier alpha value is -2.13. The minimum absolute atomic E-state index is 0.0272. The van der Waals surface area contributed by atoms with Crippen molar-refractivity contribution in [2.45, 2.75) is 38.2 Å². The zero-order valence-corrected chi connectivity index (χ0v) is 15.3. The molecule has 1 fully saturated rings. The fraction of sp³-hybridized carbons (Fsp3) is 0.500. The number of hydrogen-bond donors (Lipinski definition) is 0. The smallest absolute Gasteiger partial charge is 0.355 e. The molecule has 3 heterocycles. The van der Waals surface area contributed by atoms with Crippen LogP contribution >= 0.6 is 0 Å². The van der Waals surface area contributed by atoms with E-state index in [1.165, 1.54) is 21.1 Å². The molecule has 136 valence electrons. The number of carbonyl (C=O) groups excluding carboxylic acids is 1. The average molecular weight is 367 g/mol. The Kier molecular flexibility index (Phi) is 4.70. The second-order valence-electron chi connectivity index (χ2n) is 6.16. The molecular formula is C16H21N3O5S. The second kappa shape index (κ2) is 6.64. The number of sulfonamides is 1. The lowest BCUT2D eigenvalue weighted by atomic mass is 10.2. The number of esters is 1. The molecule has 3 rings (SSSR count). The Morgan fingerprint density at radius 2 is 2.00 bits per heavy atom. The molecule has 1 aliphatic rings. The Morgan fingerprint density at radius 3 is 2.60 bits per heavy atom. The zero-order chi connectivity index (χ0) is 18.2. The van der Waals surface area contributed by atoms with E-state index in [2.05, 4.69) is 5.16 Å². The molecule has 8 nitrogen and oxygen atoms in total. The molecular weight excluding hydrogens is 346 g/mol. The van der Waals surface area contributed by atoms with Crippen molar-refractivity contribution in [2.24, 2.45) is 7.05 Å². The van der Waals surface area contributed by atoms with Gasteiger partial charge in [-0.3, -0.25) is 0 Å². The lowest BCUT2D eigenvalue weighted by Crippen LogP contribution is -2.27. The molecule has 9 heteroatoms. The molecule has 0 amide bonds. The first-order valence-corrected chi connectivity index (χ1v) is 9.50. The molecule has 0 atom stereocenters. The monoisotopic (exact) mass is 367 g/mol. The lowest BCUT2D eigenvalue weighted by molar-refractivity contribution is 0.0459. The van der Waals surface area contributed by atoms with E-state index in [0.29, 0.717) is 30.1 Å². The Labute approximate surface area is 146 Å². The standard InChI is InChI=1S/C16H21N3O5S/c1-11-14(12(2)24-17-11)10-23-16(20)15-8-13(9-18(15)3)25(21,22)19-6-4-5-7-19/h8-9H,4-7,10H2,1-3H3. The minimum atomic E-state index is -3.57. The number of ether oxygens (including phenoxy) is 1. The predicted octanol–water partition coefficient (Wildman–Crippen LogP) is 1.77. The van der Waals surface area contributed by atoms with Crippen molar-refractivity contribution in [1.29, 1.82) is 0 Å². The third-order valence-corrected chi connectivity index (χ3v) is 6.28. The van der Waals surface area contributed by atoms with Crippen LogP contribution in [0.15, 0.2) is 21.7 Å². The van der Waals surface area contributed by atoms with Gasteiger partial charge in [0.2, 0.25) is 10.0 Å². The lowest BCUT2D eigenvalue weighted by Gasteiger charge is -2.13. The van der Waals surface area contributed by atoms with Gasteiger partial charge in [0.05, 0.1) is 11.3 Å². The van der Waals surface area contributed by atoms with Crippen LogP contribution in [0.5, 0.6) is 0 Å². The van der Waals surface area contributed by atoms with Gasteiger partial charge in [0.1, 0.15) is 23.0 Å². The van der Waals surface area contributed by atoms with Gasteiger partial charge in [-0.1, -0.05) is 5.16 Å². The fourth-order valence-corrected chi connectivity index (χ4v) is 4.46. The summed E-state index contributed by atoms with van der Waals surface area (Å²) in [7, 11) is -1.95. The van der Waals surface area contributed by atoms with Crippen molar-refractivity contribution < 1.29 is 22.5 Å². The summed E-state index contributed by atoms with van der Waals surface area (Å²) in [6.45, 7) is 4.57. The van der Waals surface area contributed by atoms with Crippen molar-refractivity contribution >= 4 is 16.0 Å². The van der Waals surface area contributed by atoms with E-state index in [9.17, 15) is 13.2 Å². The van der Waals surface area contributed by atoms with Crippen LogP contribution in [-0.4, -0.2) is 41.5 Å². The molecule has 0 unspecified atom stereocenters. The van der Waals surface area contributed by atoms with Crippen molar-refractivity contribution in [3.63, 3.8) is 0 Å². The van der Waals surface area contributed by atoms with E-state index in [4.69, 9.17) is 9.26 Å². The van der Waals surface area contributed by atoms with E-state index < -0.39 is 16.0 Å². The van der Waals surface area contributed by atoms with Gasteiger partial charge in [-0.25, -0.2) is 13.2 Å². The zero-order valence-electron chi connectivity index (χ0n) is 14.5. The summed E-state index contributed by atoms with van der Waals surface area (Å²) >= 11 is 0. The number of carbonyl (C=O) groups is 1. The SMILES string of the molecule is Cc1noc(C)c1COC(=O)c1cc(S(=O)(=O)N2CCCC2)cn1C. The highest BCUT2D eigenvalue weighted by Gasteiger charge is 2.29. The van der Waals surface area contributed by atoms with Gasteiger partial charge in [-0.05, 0) is 32.8 Å². The maximum absolute atomic E-state index is 12.6. The van der Waals surface area contributed by atoms with Gasteiger partial charge in [0, 0.05) is 26.3 Å². The molecule has 0 radical (unpaired) electrons. The topological polar surface area (TPSA) is 94.6 Å². The highest BCUT2D eigenvalue weighted by atomic mass is 32.2. The van der Waals surface area contributed by atoms with Crippen LogP contribution in [0.25, 0.3) is 0 Å². The van der Waals surface area contributed by atoms with Gasteiger partial charge >= 0.3 is 5.97 Å². The number of hydrogen-bond acceptors (Lipinski definition) is 6. The summed E-state index contributed by atoms with van der Waals surface area (Å²) in [6.07, 6.45) is 3.16. The molecule has 1 aliphatic heterocycles. The maximum atomic E-state index is 12.6. The highest BCUT2D eigenvalue weighted by Crippen LogP contribution is 2.23. The van der Waals surface area contributed by atoms with Crippen molar-refractivity contribution in [3.8, 4) is 0 Å². The van der Waals surface area contributed by atoms with E-state index >= 15 is 0 Å². The summed E-state index contributed by atoms with van der Waals surface area (Å²) in [5.74, 6) is -0.000136. The highest BCUT2D eigenvalue weighted by molar-refractivity contribution is 7.89. The van der Waals surface area contributed by atoms with E-state index in [0.717, 1.165) is 12.8 Å². The number of aryl methyl sites for hydroxylation is 3. The Morgan fingerprint density at radius 1 is 1.32 bits per heavy atom. The van der Waals surface area contributed by atoms with Gasteiger partial charge in [0.15, 0.2) is 0 Å². The third-order valence-electron chi connectivity index (χ3n) is 4.42. The summed E-state index contributed by atoms with van der Waals surface area (Å²) in [5.41, 5.74) is 1.56. The molecule has 0 aromatic carbocycles. The minimum Gasteiger partial charge on any atom is -0.456 e.